The lowest BCUT2D eigenvalue weighted by atomic mass is 9.98. The van der Waals surface area contributed by atoms with Crippen LogP contribution in [0, 0.1) is 0 Å². The number of carbonyl (C=O) groups excluding carboxylic acids is 6. The molecule has 0 radical (unpaired) electrons. The maximum absolute atomic E-state index is 13.0. The first-order chi connectivity index (χ1) is 25.6. The van der Waals surface area contributed by atoms with Gasteiger partial charge in [-0.2, -0.15) is 0 Å². The van der Waals surface area contributed by atoms with Crippen LogP contribution in [0.2, 0.25) is 0 Å². The van der Waals surface area contributed by atoms with Gasteiger partial charge in [-0.1, -0.05) is 31.9 Å². The van der Waals surface area contributed by atoms with Crippen LogP contribution < -0.4 is 4.74 Å². The van der Waals surface area contributed by atoms with Gasteiger partial charge in [-0.25, -0.2) is 19.2 Å². The van der Waals surface area contributed by atoms with Gasteiger partial charge in [-0.05, 0) is 80.5 Å². The summed E-state index contributed by atoms with van der Waals surface area (Å²) >= 11 is 0. The third-order valence-corrected chi connectivity index (χ3v) is 8.50. The van der Waals surface area contributed by atoms with Crippen LogP contribution in [0.25, 0.3) is 5.57 Å². The van der Waals surface area contributed by atoms with Crippen molar-refractivity contribution in [1.82, 2.24) is 0 Å². The summed E-state index contributed by atoms with van der Waals surface area (Å²) in [7, 11) is 0. The molecule has 53 heavy (non-hydrogen) atoms. The first-order valence-corrected chi connectivity index (χ1v) is 17.5. The minimum atomic E-state index is -0.730. The second-order valence-electron chi connectivity index (χ2n) is 12.3. The Hall–Kier alpha value is -5.40. The van der Waals surface area contributed by atoms with Crippen molar-refractivity contribution in [3.8, 4) is 5.75 Å². The van der Waals surface area contributed by atoms with Gasteiger partial charge in [0.25, 0.3) is 0 Å². The molecule has 0 spiro atoms. The fourth-order valence-electron chi connectivity index (χ4n) is 5.58. The summed E-state index contributed by atoms with van der Waals surface area (Å²) in [6.45, 7) is 11.2. The molecule has 4 rings (SSSR count). The van der Waals surface area contributed by atoms with Gasteiger partial charge in [0.1, 0.15) is 18.0 Å². The van der Waals surface area contributed by atoms with Crippen molar-refractivity contribution < 1.29 is 61.9 Å². The van der Waals surface area contributed by atoms with E-state index in [1.807, 2.05) is 0 Å². The Kier molecular flexibility index (Phi) is 15.7. The van der Waals surface area contributed by atoms with Crippen LogP contribution in [-0.2, 0) is 47.6 Å². The van der Waals surface area contributed by atoms with E-state index in [0.29, 0.717) is 56.1 Å². The lowest BCUT2D eigenvalue weighted by Gasteiger charge is -2.17. The van der Waals surface area contributed by atoms with Crippen molar-refractivity contribution >= 4 is 41.2 Å². The summed E-state index contributed by atoms with van der Waals surface area (Å²) in [6, 6.07) is 12.3. The molecule has 2 saturated heterocycles. The van der Waals surface area contributed by atoms with E-state index >= 15 is 0 Å². The van der Waals surface area contributed by atoms with Crippen molar-refractivity contribution in [2.45, 2.75) is 75.8 Å². The number of unbranched alkanes of at least 4 members (excludes halogenated alkanes) is 4. The highest BCUT2D eigenvalue weighted by atomic mass is 16.7. The molecule has 2 aromatic rings. The second kappa shape index (κ2) is 20.6. The molecule has 2 aliphatic heterocycles. The van der Waals surface area contributed by atoms with Crippen molar-refractivity contribution in [1.29, 1.82) is 0 Å². The van der Waals surface area contributed by atoms with E-state index in [2.05, 4.69) is 19.7 Å². The highest BCUT2D eigenvalue weighted by Crippen LogP contribution is 2.32. The van der Waals surface area contributed by atoms with E-state index in [1.54, 1.807) is 24.3 Å². The highest BCUT2D eigenvalue weighted by molar-refractivity contribution is 6.20. The molecular formula is C40H44O13. The molecule has 0 saturated carbocycles. The Labute approximate surface area is 307 Å². The molecular weight excluding hydrogens is 688 g/mol. The largest absolute Gasteiger partial charge is 0.463 e. The third kappa shape index (κ3) is 12.4. The van der Waals surface area contributed by atoms with E-state index in [1.165, 1.54) is 24.3 Å². The van der Waals surface area contributed by atoms with Gasteiger partial charge in [-0.15, -0.1) is 0 Å². The molecule has 0 amide bonds. The number of esters is 5. The number of ketones is 1. The zero-order valence-corrected chi connectivity index (χ0v) is 29.5. The van der Waals surface area contributed by atoms with Crippen LogP contribution in [0.3, 0.4) is 0 Å². The Bertz CT molecular complexity index is 1640. The van der Waals surface area contributed by atoms with Crippen molar-refractivity contribution in [3.05, 3.63) is 97.1 Å². The molecule has 2 aromatic carbocycles. The molecule has 2 aliphatic rings. The molecule has 282 valence electrons. The molecule has 2 fully saturated rings. The molecule has 0 N–H and O–H groups in total. The zero-order chi connectivity index (χ0) is 38.2. The summed E-state index contributed by atoms with van der Waals surface area (Å²) < 4.78 is 38.1. The summed E-state index contributed by atoms with van der Waals surface area (Å²) in [5.41, 5.74) is 1.43. The standard InChI is InChI=1S/C40H44O13/c1-4-34(42)47-22-10-6-8-12-31(41)26(3)27-14-16-28(17-15-27)39(45)52-32-24-49-38-33(25-50-37(32)38)53-40(46)29-18-20-30(21-19-29)51-36(44)13-9-7-11-23-48-35(43)5-2/h4-5,14-21,32-33,37-38H,1-3,6-13,22-25H2/t32-,33+,37?,38?/m0/s1. The van der Waals surface area contributed by atoms with Gasteiger partial charge in [0.2, 0.25) is 0 Å². The van der Waals surface area contributed by atoms with E-state index in [0.717, 1.165) is 12.2 Å². The lowest BCUT2D eigenvalue weighted by Crippen LogP contribution is -2.36. The molecule has 0 bridgehead atoms. The van der Waals surface area contributed by atoms with Gasteiger partial charge in [0, 0.05) is 30.6 Å². The molecule has 0 aromatic heterocycles. The summed E-state index contributed by atoms with van der Waals surface area (Å²) in [5.74, 6) is -2.44. The first-order valence-electron chi connectivity index (χ1n) is 17.5. The van der Waals surface area contributed by atoms with Gasteiger partial charge in [0.15, 0.2) is 18.0 Å². The molecule has 4 atom stereocenters. The van der Waals surface area contributed by atoms with Crippen molar-refractivity contribution in [3.63, 3.8) is 0 Å². The van der Waals surface area contributed by atoms with E-state index in [9.17, 15) is 28.8 Å². The number of hydrogen-bond donors (Lipinski definition) is 0. The normalized spacial score (nSPS) is 18.6. The Morgan fingerprint density at radius 3 is 1.57 bits per heavy atom. The van der Waals surface area contributed by atoms with E-state index in [-0.39, 0.29) is 55.5 Å². The number of benzene rings is 2. The number of ether oxygens (including phenoxy) is 7. The van der Waals surface area contributed by atoms with Crippen LogP contribution in [0.1, 0.15) is 77.6 Å². The molecule has 13 nitrogen and oxygen atoms in total. The Morgan fingerprint density at radius 1 is 0.623 bits per heavy atom. The van der Waals surface area contributed by atoms with Gasteiger partial charge in [0.05, 0.1) is 37.6 Å². The van der Waals surface area contributed by atoms with E-state index < -0.39 is 54.3 Å². The van der Waals surface area contributed by atoms with Gasteiger partial charge >= 0.3 is 29.8 Å². The monoisotopic (exact) mass is 732 g/mol. The zero-order valence-electron chi connectivity index (χ0n) is 29.5. The van der Waals surface area contributed by atoms with Gasteiger partial charge < -0.3 is 33.2 Å². The SMILES string of the molecule is C=CC(=O)OCCCCCC(=O)Oc1ccc(C(=O)O[C@@H]2COC3C2OC[C@@H]3OC(=O)c2ccc(C(=C)C(=O)CCCCCOC(=O)C=C)cc2)cc1. The molecule has 13 heteroatoms. The molecule has 2 unspecified atom stereocenters. The number of hydrogen-bond acceptors (Lipinski definition) is 13. The van der Waals surface area contributed by atoms with Crippen LogP contribution in [-0.4, -0.2) is 86.5 Å². The number of Topliss-reactive ketones (excluding diaryl/α,β-unsaturated/α-hetero) is 1. The lowest BCUT2D eigenvalue weighted by molar-refractivity contribution is -0.138. The van der Waals surface area contributed by atoms with Crippen molar-refractivity contribution in [2.75, 3.05) is 26.4 Å². The molecule has 0 aliphatic carbocycles. The second-order valence-corrected chi connectivity index (χ2v) is 12.3. The van der Waals surface area contributed by atoms with Gasteiger partial charge in [-0.3, -0.25) is 9.59 Å². The fourth-order valence-corrected chi connectivity index (χ4v) is 5.58. The van der Waals surface area contributed by atoms with E-state index in [4.69, 9.17) is 33.2 Å². The topological polar surface area (TPSA) is 167 Å². The summed E-state index contributed by atoms with van der Waals surface area (Å²) in [5, 5.41) is 0. The van der Waals surface area contributed by atoms with Crippen LogP contribution in [0.4, 0.5) is 0 Å². The predicted octanol–water partition coefficient (Wildman–Crippen LogP) is 5.30. The Balaban J connectivity index is 1.16. The average Bonchev–Trinajstić information content (AvgIpc) is 3.76. The highest BCUT2D eigenvalue weighted by Gasteiger charge is 2.51. The maximum Gasteiger partial charge on any atom is 0.338 e. The number of carbonyl (C=O) groups is 6. The predicted molar refractivity (Wildman–Crippen MR) is 190 cm³/mol. The summed E-state index contributed by atoms with van der Waals surface area (Å²) in [4.78, 5) is 72.7. The Morgan fingerprint density at radius 2 is 1.08 bits per heavy atom. The maximum atomic E-state index is 13.0. The molecule has 2 heterocycles. The number of fused-ring (bicyclic) bond motifs is 1. The number of rotatable bonds is 21. The third-order valence-electron chi connectivity index (χ3n) is 8.50. The quantitative estimate of drug-likeness (QED) is 0.0534. The smallest absolute Gasteiger partial charge is 0.338 e. The summed E-state index contributed by atoms with van der Waals surface area (Å²) in [6.07, 6.45) is 3.80. The minimum absolute atomic E-state index is 0.0507. The van der Waals surface area contributed by atoms with Crippen molar-refractivity contribution in [2.24, 2.45) is 0 Å². The van der Waals surface area contributed by atoms with Crippen LogP contribution in [0.5, 0.6) is 5.75 Å². The first kappa shape index (κ1) is 40.4. The average molecular weight is 733 g/mol. The number of allylic oxidation sites excluding steroid dienone is 1. The minimum Gasteiger partial charge on any atom is -0.463 e. The fraction of sp³-hybridized carbons (Fsp3) is 0.400. The van der Waals surface area contributed by atoms with Crippen LogP contribution >= 0.6 is 0 Å². The van der Waals surface area contributed by atoms with Crippen LogP contribution in [0.15, 0.2) is 80.4 Å².